The molecule has 3 rings (SSSR count). The average molecular weight is 236 g/mol. The molecule has 6 heteroatoms. The van der Waals surface area contributed by atoms with Crippen molar-refractivity contribution in [2.24, 2.45) is 4.99 Å². The number of nitrogens with zero attached hydrogens (tertiary/aromatic N) is 4. The van der Waals surface area contributed by atoms with Crippen molar-refractivity contribution in [1.29, 1.82) is 0 Å². The summed E-state index contributed by atoms with van der Waals surface area (Å²) in [5, 5.41) is 0. The molecule has 0 N–H and O–H groups in total. The van der Waals surface area contributed by atoms with Gasteiger partial charge >= 0.3 is 6.03 Å². The van der Waals surface area contributed by atoms with E-state index in [1.54, 1.807) is 11.2 Å². The van der Waals surface area contributed by atoms with Gasteiger partial charge in [0.2, 0.25) is 0 Å². The molecule has 0 spiro atoms. The van der Waals surface area contributed by atoms with Crippen LogP contribution in [0.5, 0.6) is 0 Å². The maximum Gasteiger partial charge on any atom is 0.328 e. The predicted molar refractivity (Wildman–Crippen MR) is 61.5 cm³/mol. The Labute approximate surface area is 99.9 Å². The molecule has 2 saturated heterocycles. The van der Waals surface area contributed by atoms with Gasteiger partial charge in [0.1, 0.15) is 6.17 Å². The van der Waals surface area contributed by atoms with Gasteiger partial charge in [-0.05, 0) is 12.8 Å². The van der Waals surface area contributed by atoms with Gasteiger partial charge in [0.25, 0.3) is 5.91 Å². The van der Waals surface area contributed by atoms with Crippen LogP contribution in [0.4, 0.5) is 4.79 Å². The van der Waals surface area contributed by atoms with Crippen molar-refractivity contribution in [1.82, 2.24) is 14.7 Å². The summed E-state index contributed by atoms with van der Waals surface area (Å²) in [6.07, 6.45) is 3.30. The third-order valence-corrected chi connectivity index (χ3v) is 3.58. The van der Waals surface area contributed by atoms with Crippen LogP contribution in [0.1, 0.15) is 19.8 Å². The summed E-state index contributed by atoms with van der Waals surface area (Å²) < 4.78 is 0. The molecule has 0 aliphatic carbocycles. The van der Waals surface area contributed by atoms with E-state index >= 15 is 0 Å². The molecule has 17 heavy (non-hydrogen) atoms. The molecule has 3 amide bonds. The lowest BCUT2D eigenvalue weighted by Gasteiger charge is -2.47. The van der Waals surface area contributed by atoms with Crippen LogP contribution in [-0.2, 0) is 4.79 Å². The van der Waals surface area contributed by atoms with E-state index in [4.69, 9.17) is 0 Å². The predicted octanol–water partition coefficient (Wildman–Crippen LogP) is 0.103. The van der Waals surface area contributed by atoms with E-state index in [9.17, 15) is 9.59 Å². The molecule has 2 atom stereocenters. The van der Waals surface area contributed by atoms with Crippen LogP contribution in [0.2, 0.25) is 0 Å². The van der Waals surface area contributed by atoms with Gasteiger partial charge in [-0.15, -0.1) is 0 Å². The van der Waals surface area contributed by atoms with Crippen LogP contribution in [-0.4, -0.2) is 64.8 Å². The number of aliphatic imine (C=N–C) groups is 1. The highest BCUT2D eigenvalue weighted by Crippen LogP contribution is 2.29. The molecule has 3 aliphatic heterocycles. The Morgan fingerprint density at radius 3 is 3.00 bits per heavy atom. The molecule has 3 heterocycles. The lowest BCUT2D eigenvalue weighted by molar-refractivity contribution is -0.137. The van der Waals surface area contributed by atoms with Crippen molar-refractivity contribution in [2.45, 2.75) is 32.0 Å². The van der Waals surface area contributed by atoms with Crippen LogP contribution in [0.3, 0.4) is 0 Å². The van der Waals surface area contributed by atoms with Crippen LogP contribution in [0.25, 0.3) is 0 Å². The van der Waals surface area contributed by atoms with Crippen LogP contribution < -0.4 is 0 Å². The Bertz CT molecular complexity index is 391. The van der Waals surface area contributed by atoms with Gasteiger partial charge in [0.05, 0.1) is 6.34 Å². The van der Waals surface area contributed by atoms with Crippen molar-refractivity contribution in [2.75, 3.05) is 19.6 Å². The maximum atomic E-state index is 12.2. The number of carbonyl (C=O) groups is 2. The number of imide groups is 1. The first-order valence-electron chi connectivity index (χ1n) is 6.15. The molecular formula is C11H16N4O2. The minimum Gasteiger partial charge on any atom is -0.340 e. The van der Waals surface area contributed by atoms with E-state index in [-0.39, 0.29) is 18.1 Å². The zero-order chi connectivity index (χ0) is 12.0. The number of carbonyl (C=O) groups excluding carboxylic acids is 2. The second-order valence-corrected chi connectivity index (χ2v) is 4.68. The fraction of sp³-hybridized carbons (Fsp3) is 0.727. The van der Waals surface area contributed by atoms with Gasteiger partial charge < -0.3 is 9.80 Å². The molecule has 92 valence electrons. The molecule has 0 aromatic carbocycles. The molecule has 2 unspecified atom stereocenters. The highest BCUT2D eigenvalue weighted by atomic mass is 16.2. The van der Waals surface area contributed by atoms with Gasteiger partial charge in [-0.1, -0.05) is 6.92 Å². The molecule has 0 bridgehead atoms. The Balaban J connectivity index is 1.93. The smallest absolute Gasteiger partial charge is 0.328 e. The van der Waals surface area contributed by atoms with Crippen molar-refractivity contribution < 1.29 is 9.59 Å². The number of urea groups is 1. The SMILES string of the molecule is CCCN1C(=O)C2N=CN3CCCN(C1=O)C23. The third kappa shape index (κ3) is 1.36. The van der Waals surface area contributed by atoms with E-state index < -0.39 is 6.04 Å². The van der Waals surface area contributed by atoms with Crippen molar-refractivity contribution >= 4 is 18.3 Å². The summed E-state index contributed by atoms with van der Waals surface area (Å²) >= 11 is 0. The summed E-state index contributed by atoms with van der Waals surface area (Å²) in [6.45, 7) is 4.07. The summed E-state index contributed by atoms with van der Waals surface area (Å²) in [4.78, 5) is 33.8. The second-order valence-electron chi connectivity index (χ2n) is 4.68. The summed E-state index contributed by atoms with van der Waals surface area (Å²) in [5.74, 6) is -0.140. The molecule has 6 nitrogen and oxygen atoms in total. The standard InChI is InChI=1S/C11H16N4O2/c1-2-4-15-10(16)8-9-13(7-12-8)5-3-6-14(9)11(15)17/h7-9H,2-6H2,1H3. The molecular weight excluding hydrogens is 220 g/mol. The van der Waals surface area contributed by atoms with E-state index in [0.717, 1.165) is 25.9 Å². The Morgan fingerprint density at radius 2 is 2.24 bits per heavy atom. The van der Waals surface area contributed by atoms with Gasteiger partial charge in [-0.25, -0.2) is 4.79 Å². The molecule has 0 saturated carbocycles. The molecule has 0 aromatic heterocycles. The minimum absolute atomic E-state index is 0.140. The fourth-order valence-corrected chi connectivity index (χ4v) is 2.82. The van der Waals surface area contributed by atoms with E-state index in [1.165, 1.54) is 4.90 Å². The third-order valence-electron chi connectivity index (χ3n) is 3.58. The Morgan fingerprint density at radius 1 is 1.41 bits per heavy atom. The lowest BCUT2D eigenvalue weighted by Crippen LogP contribution is -2.68. The van der Waals surface area contributed by atoms with E-state index in [2.05, 4.69) is 4.99 Å². The number of amides is 3. The quantitative estimate of drug-likeness (QED) is 0.683. The topological polar surface area (TPSA) is 56.2 Å². The van der Waals surface area contributed by atoms with Crippen LogP contribution >= 0.6 is 0 Å². The van der Waals surface area contributed by atoms with Gasteiger partial charge in [0.15, 0.2) is 6.04 Å². The second kappa shape index (κ2) is 3.72. The van der Waals surface area contributed by atoms with Crippen LogP contribution in [0.15, 0.2) is 4.99 Å². The highest BCUT2D eigenvalue weighted by molar-refractivity contribution is 6.02. The Hall–Kier alpha value is -1.59. The molecule has 3 aliphatic rings. The number of hydrogen-bond donors (Lipinski definition) is 0. The number of rotatable bonds is 2. The van der Waals surface area contributed by atoms with E-state index in [1.807, 2.05) is 11.8 Å². The molecule has 0 radical (unpaired) electrons. The largest absolute Gasteiger partial charge is 0.340 e. The van der Waals surface area contributed by atoms with Gasteiger partial charge in [-0.2, -0.15) is 0 Å². The first-order valence-corrected chi connectivity index (χ1v) is 6.15. The van der Waals surface area contributed by atoms with Crippen molar-refractivity contribution in [3.63, 3.8) is 0 Å². The lowest BCUT2D eigenvalue weighted by atomic mass is 10.1. The summed E-state index contributed by atoms with van der Waals surface area (Å²) in [6, 6.07) is -0.548. The first kappa shape index (κ1) is 10.6. The highest BCUT2D eigenvalue weighted by Gasteiger charge is 2.51. The monoisotopic (exact) mass is 236 g/mol. The van der Waals surface area contributed by atoms with Crippen molar-refractivity contribution in [3.8, 4) is 0 Å². The zero-order valence-corrected chi connectivity index (χ0v) is 9.87. The van der Waals surface area contributed by atoms with Crippen molar-refractivity contribution in [3.05, 3.63) is 0 Å². The maximum absolute atomic E-state index is 12.2. The summed E-state index contributed by atoms with van der Waals surface area (Å²) in [7, 11) is 0. The van der Waals surface area contributed by atoms with Gasteiger partial charge in [-0.3, -0.25) is 14.7 Å². The van der Waals surface area contributed by atoms with Gasteiger partial charge in [0, 0.05) is 19.6 Å². The summed E-state index contributed by atoms with van der Waals surface area (Å²) in [5.41, 5.74) is 0. The fourth-order valence-electron chi connectivity index (χ4n) is 2.82. The zero-order valence-electron chi connectivity index (χ0n) is 9.87. The minimum atomic E-state index is -0.403. The molecule has 0 aromatic rings. The van der Waals surface area contributed by atoms with Crippen LogP contribution in [0, 0.1) is 0 Å². The van der Waals surface area contributed by atoms with E-state index in [0.29, 0.717) is 6.54 Å². The Kier molecular flexibility index (Phi) is 2.31. The first-order chi connectivity index (χ1) is 8.24. The normalized spacial score (nSPS) is 31.2. The molecule has 2 fully saturated rings. The number of hydrogen-bond acceptors (Lipinski definition) is 4. The average Bonchev–Trinajstić information content (AvgIpc) is 2.77.